The predicted octanol–water partition coefficient (Wildman–Crippen LogP) is 3.13. The highest BCUT2D eigenvalue weighted by molar-refractivity contribution is 5.33. The van der Waals surface area contributed by atoms with Crippen molar-refractivity contribution in [2.24, 2.45) is 0 Å². The average Bonchev–Trinajstić information content (AvgIpc) is 2.27. The highest BCUT2D eigenvalue weighted by Crippen LogP contribution is 2.44. The molecule has 1 unspecified atom stereocenters. The van der Waals surface area contributed by atoms with E-state index in [0.29, 0.717) is 6.04 Å². The van der Waals surface area contributed by atoms with Crippen LogP contribution in [0.4, 0.5) is 0 Å². The third kappa shape index (κ3) is 2.12. The summed E-state index contributed by atoms with van der Waals surface area (Å²) in [5, 5.41) is 3.43. The lowest BCUT2D eigenvalue weighted by Gasteiger charge is -2.46. The number of ether oxygens (including phenoxy) is 1. The summed E-state index contributed by atoms with van der Waals surface area (Å²) < 4.78 is 5.79. The number of likely N-dealkylation sites (N-methyl/N-ethyl adjacent to an activating group) is 1. The van der Waals surface area contributed by atoms with Crippen LogP contribution in [0.5, 0.6) is 0 Å². The molecule has 2 rings (SSSR count). The van der Waals surface area contributed by atoms with Gasteiger partial charge in [-0.05, 0) is 56.8 Å². The Balaban J connectivity index is 2.31. The van der Waals surface area contributed by atoms with Crippen LogP contribution in [-0.2, 0) is 4.74 Å². The van der Waals surface area contributed by atoms with E-state index in [0.717, 1.165) is 12.8 Å². The highest BCUT2D eigenvalue weighted by Gasteiger charge is 2.44. The van der Waals surface area contributed by atoms with E-state index in [-0.39, 0.29) is 5.60 Å². The van der Waals surface area contributed by atoms with Crippen molar-refractivity contribution in [1.82, 2.24) is 5.32 Å². The molecule has 2 heteroatoms. The van der Waals surface area contributed by atoms with Crippen LogP contribution in [0.2, 0.25) is 0 Å². The van der Waals surface area contributed by atoms with E-state index in [1.54, 1.807) is 0 Å². The molecule has 1 aromatic carbocycles. The standard InChI is InChI=1S/C15H23NO/c1-11-6-7-13(10-12(11)2)14(16-3)15(17-4)8-5-9-15/h6-7,10,14,16H,5,8-9H2,1-4H3. The predicted molar refractivity (Wildman–Crippen MR) is 71.3 cm³/mol. The third-order valence-electron chi connectivity index (χ3n) is 4.29. The van der Waals surface area contributed by atoms with Gasteiger partial charge in [0.15, 0.2) is 0 Å². The molecule has 1 aromatic rings. The molecule has 0 aromatic heterocycles. The minimum Gasteiger partial charge on any atom is -0.376 e. The van der Waals surface area contributed by atoms with Gasteiger partial charge in [0.25, 0.3) is 0 Å². The van der Waals surface area contributed by atoms with E-state index in [9.17, 15) is 0 Å². The molecule has 0 amide bonds. The molecule has 17 heavy (non-hydrogen) atoms. The maximum absolute atomic E-state index is 5.79. The second-order valence-corrected chi connectivity index (χ2v) is 5.19. The number of methoxy groups -OCH3 is 1. The molecular weight excluding hydrogens is 210 g/mol. The zero-order valence-electron chi connectivity index (χ0n) is 11.3. The van der Waals surface area contributed by atoms with Gasteiger partial charge in [0.05, 0.1) is 11.6 Å². The topological polar surface area (TPSA) is 21.3 Å². The van der Waals surface area contributed by atoms with E-state index in [4.69, 9.17) is 4.74 Å². The minimum atomic E-state index is 0.0104. The molecule has 1 saturated carbocycles. The van der Waals surface area contributed by atoms with E-state index in [1.165, 1.54) is 23.1 Å². The third-order valence-corrected chi connectivity index (χ3v) is 4.29. The largest absolute Gasteiger partial charge is 0.376 e. The fourth-order valence-electron chi connectivity index (χ4n) is 2.81. The minimum absolute atomic E-state index is 0.0104. The summed E-state index contributed by atoms with van der Waals surface area (Å²) in [6.07, 6.45) is 3.58. The van der Waals surface area contributed by atoms with Gasteiger partial charge < -0.3 is 10.1 Å². The van der Waals surface area contributed by atoms with Crippen LogP contribution < -0.4 is 5.32 Å². The quantitative estimate of drug-likeness (QED) is 0.862. The summed E-state index contributed by atoms with van der Waals surface area (Å²) in [5.74, 6) is 0. The monoisotopic (exact) mass is 233 g/mol. The molecule has 2 nitrogen and oxygen atoms in total. The van der Waals surface area contributed by atoms with Gasteiger partial charge in [-0.15, -0.1) is 0 Å². The molecule has 0 spiro atoms. The summed E-state index contributed by atoms with van der Waals surface area (Å²) in [5.41, 5.74) is 4.06. The Labute approximate surface area is 104 Å². The van der Waals surface area contributed by atoms with Crippen LogP contribution in [0.15, 0.2) is 18.2 Å². The fraction of sp³-hybridized carbons (Fsp3) is 0.600. The van der Waals surface area contributed by atoms with Crippen molar-refractivity contribution >= 4 is 0 Å². The summed E-state index contributed by atoms with van der Waals surface area (Å²) in [6.45, 7) is 4.33. The van der Waals surface area contributed by atoms with Gasteiger partial charge >= 0.3 is 0 Å². The summed E-state index contributed by atoms with van der Waals surface area (Å²) in [7, 11) is 3.86. The first-order chi connectivity index (χ1) is 8.13. The molecule has 1 fully saturated rings. The lowest BCUT2D eigenvalue weighted by molar-refractivity contribution is -0.0983. The maximum Gasteiger partial charge on any atom is 0.0872 e. The van der Waals surface area contributed by atoms with Crippen molar-refractivity contribution < 1.29 is 4.74 Å². The lowest BCUT2D eigenvalue weighted by Crippen LogP contribution is -2.49. The van der Waals surface area contributed by atoms with Crippen LogP contribution in [0.25, 0.3) is 0 Å². The zero-order chi connectivity index (χ0) is 12.5. The second kappa shape index (κ2) is 4.79. The molecule has 0 bridgehead atoms. The SMILES string of the molecule is CNC(c1ccc(C)c(C)c1)C1(OC)CCC1. The van der Waals surface area contributed by atoms with Gasteiger partial charge in [-0.25, -0.2) is 0 Å². The van der Waals surface area contributed by atoms with Crippen LogP contribution >= 0.6 is 0 Å². The number of benzene rings is 1. The van der Waals surface area contributed by atoms with Crippen molar-refractivity contribution in [2.75, 3.05) is 14.2 Å². The Bertz CT molecular complexity index is 390. The summed E-state index contributed by atoms with van der Waals surface area (Å²) >= 11 is 0. The van der Waals surface area contributed by atoms with Crippen LogP contribution in [-0.4, -0.2) is 19.8 Å². The number of hydrogen-bond donors (Lipinski definition) is 1. The van der Waals surface area contributed by atoms with Crippen LogP contribution in [0, 0.1) is 13.8 Å². The first kappa shape index (κ1) is 12.6. The molecule has 1 N–H and O–H groups in total. The Morgan fingerprint density at radius 3 is 2.35 bits per heavy atom. The van der Waals surface area contributed by atoms with E-state index < -0.39 is 0 Å². The number of rotatable bonds is 4. The van der Waals surface area contributed by atoms with Gasteiger partial charge in [0, 0.05) is 7.11 Å². The molecule has 0 saturated heterocycles. The van der Waals surface area contributed by atoms with E-state index >= 15 is 0 Å². The van der Waals surface area contributed by atoms with E-state index in [1.807, 2.05) is 14.2 Å². The van der Waals surface area contributed by atoms with Crippen molar-refractivity contribution in [1.29, 1.82) is 0 Å². The molecule has 0 radical (unpaired) electrons. The maximum atomic E-state index is 5.79. The smallest absolute Gasteiger partial charge is 0.0872 e. The molecule has 1 aliphatic rings. The Kier molecular flexibility index (Phi) is 3.55. The van der Waals surface area contributed by atoms with Crippen LogP contribution in [0.3, 0.4) is 0 Å². The second-order valence-electron chi connectivity index (χ2n) is 5.19. The number of hydrogen-bond acceptors (Lipinski definition) is 2. The van der Waals surface area contributed by atoms with Gasteiger partial charge in [-0.1, -0.05) is 18.2 Å². The Morgan fingerprint density at radius 1 is 1.24 bits per heavy atom. The first-order valence-electron chi connectivity index (χ1n) is 6.42. The van der Waals surface area contributed by atoms with Crippen molar-refractivity contribution in [3.63, 3.8) is 0 Å². The molecule has 94 valence electrons. The molecule has 0 heterocycles. The normalized spacial score (nSPS) is 19.8. The molecule has 1 atom stereocenters. The molecular formula is C15H23NO. The van der Waals surface area contributed by atoms with Crippen molar-refractivity contribution in [2.45, 2.75) is 44.8 Å². The summed E-state index contributed by atoms with van der Waals surface area (Å²) in [4.78, 5) is 0. The zero-order valence-corrected chi connectivity index (χ0v) is 11.3. The molecule has 0 aliphatic heterocycles. The molecule has 1 aliphatic carbocycles. The van der Waals surface area contributed by atoms with Gasteiger partial charge in [0.1, 0.15) is 0 Å². The number of aryl methyl sites for hydroxylation is 2. The fourth-order valence-corrected chi connectivity index (χ4v) is 2.81. The Morgan fingerprint density at radius 2 is 1.94 bits per heavy atom. The number of nitrogens with one attached hydrogen (secondary N) is 1. The highest BCUT2D eigenvalue weighted by atomic mass is 16.5. The van der Waals surface area contributed by atoms with Crippen molar-refractivity contribution in [3.8, 4) is 0 Å². The van der Waals surface area contributed by atoms with E-state index in [2.05, 4.69) is 37.4 Å². The van der Waals surface area contributed by atoms with Gasteiger partial charge in [-0.3, -0.25) is 0 Å². The van der Waals surface area contributed by atoms with Crippen LogP contribution in [0.1, 0.15) is 42.0 Å². The average molecular weight is 233 g/mol. The Hall–Kier alpha value is -0.860. The van der Waals surface area contributed by atoms with Crippen molar-refractivity contribution in [3.05, 3.63) is 34.9 Å². The van der Waals surface area contributed by atoms with Gasteiger partial charge in [-0.2, -0.15) is 0 Å². The lowest BCUT2D eigenvalue weighted by atomic mass is 9.72. The first-order valence-corrected chi connectivity index (χ1v) is 6.42. The summed E-state index contributed by atoms with van der Waals surface area (Å²) in [6, 6.07) is 7.02. The van der Waals surface area contributed by atoms with Gasteiger partial charge in [0.2, 0.25) is 0 Å².